The van der Waals surface area contributed by atoms with E-state index in [-0.39, 0.29) is 17.6 Å². The number of carbonyl (C=O) groups excluding carboxylic acids is 1. The van der Waals surface area contributed by atoms with Crippen LogP contribution in [0.1, 0.15) is 35.1 Å². The van der Waals surface area contributed by atoms with E-state index in [9.17, 15) is 22.4 Å². The van der Waals surface area contributed by atoms with Gasteiger partial charge in [0.15, 0.2) is 0 Å². The number of carbonyl (C=O) groups is 1. The molecule has 1 aromatic heterocycles. The van der Waals surface area contributed by atoms with Crippen molar-refractivity contribution in [1.29, 1.82) is 0 Å². The van der Waals surface area contributed by atoms with Gasteiger partial charge in [-0.1, -0.05) is 47.5 Å². The fourth-order valence-electron chi connectivity index (χ4n) is 5.44. The maximum Gasteiger partial charge on any atom is 0.416 e. The van der Waals surface area contributed by atoms with Crippen molar-refractivity contribution in [1.82, 2.24) is 15.2 Å². The summed E-state index contributed by atoms with van der Waals surface area (Å²) in [5.74, 6) is -0.518. The summed E-state index contributed by atoms with van der Waals surface area (Å²) in [5.41, 5.74) is 1.59. The summed E-state index contributed by atoms with van der Waals surface area (Å²) in [6.45, 7) is 2.63. The Balaban J connectivity index is 1.25. The zero-order valence-corrected chi connectivity index (χ0v) is 22.8. The fourth-order valence-corrected chi connectivity index (χ4v) is 5.99. The number of alkyl halides is 3. The summed E-state index contributed by atoms with van der Waals surface area (Å²) >= 11 is 12.4. The number of likely N-dealkylation sites (tertiary alicyclic amines) is 1. The van der Waals surface area contributed by atoms with Crippen LogP contribution in [0, 0.1) is 5.82 Å². The maximum atomic E-state index is 14.6. The number of piperidine rings is 1. The van der Waals surface area contributed by atoms with Crippen LogP contribution in [0.5, 0.6) is 0 Å². The van der Waals surface area contributed by atoms with Crippen LogP contribution in [0.15, 0.2) is 60.8 Å². The predicted octanol–water partition coefficient (Wildman–Crippen LogP) is 7.32. The van der Waals surface area contributed by atoms with E-state index in [0.717, 1.165) is 17.7 Å². The average Bonchev–Trinajstić information content (AvgIpc) is 3.25. The highest BCUT2D eigenvalue weighted by molar-refractivity contribution is 6.32. The summed E-state index contributed by atoms with van der Waals surface area (Å²) in [5, 5.41) is 3.29. The van der Waals surface area contributed by atoms with Crippen molar-refractivity contribution < 1.29 is 22.4 Å². The molecule has 210 valence electrons. The Bertz CT molecular complexity index is 1420. The van der Waals surface area contributed by atoms with Crippen LogP contribution in [-0.2, 0) is 18.1 Å². The fraction of sp³-hybridized carbons (Fsp3) is 0.310. The third-order valence-electron chi connectivity index (χ3n) is 7.56. The van der Waals surface area contributed by atoms with Gasteiger partial charge in [0.2, 0.25) is 0 Å². The van der Waals surface area contributed by atoms with Gasteiger partial charge in [0.25, 0.3) is 0 Å². The largest absolute Gasteiger partial charge is 0.416 e. The Labute approximate surface area is 239 Å². The van der Waals surface area contributed by atoms with E-state index in [1.807, 2.05) is 6.08 Å². The molecule has 3 heterocycles. The molecule has 0 saturated carbocycles. The minimum Gasteiger partial charge on any atom is -0.334 e. The molecule has 0 atom stereocenters. The topological polar surface area (TPSA) is 48.5 Å². The van der Waals surface area contributed by atoms with Gasteiger partial charge in [-0.2, -0.15) is 13.2 Å². The molecule has 0 bridgehead atoms. The average molecular weight is 593 g/mol. The number of nitrogens with zero attached hydrogens (tertiary/aromatic N) is 3. The minimum atomic E-state index is -4.36. The second-order valence-electron chi connectivity index (χ2n) is 10.1. The summed E-state index contributed by atoms with van der Waals surface area (Å²) < 4.78 is 52.9. The van der Waals surface area contributed by atoms with E-state index in [1.165, 1.54) is 18.2 Å². The van der Waals surface area contributed by atoms with Crippen LogP contribution in [0.3, 0.4) is 0 Å². The molecule has 40 heavy (non-hydrogen) atoms. The monoisotopic (exact) mass is 592 g/mol. The van der Waals surface area contributed by atoms with E-state index < -0.39 is 23.0 Å². The van der Waals surface area contributed by atoms with Gasteiger partial charge in [-0.3, -0.25) is 9.80 Å². The number of anilines is 1. The van der Waals surface area contributed by atoms with Crippen LogP contribution < -0.4 is 10.2 Å². The first-order valence-electron chi connectivity index (χ1n) is 12.8. The third kappa shape index (κ3) is 5.96. The molecule has 3 aromatic rings. The smallest absolute Gasteiger partial charge is 0.334 e. The van der Waals surface area contributed by atoms with Crippen LogP contribution in [0.4, 0.5) is 28.0 Å². The van der Waals surface area contributed by atoms with Gasteiger partial charge in [-0.05, 0) is 73.5 Å². The Hall–Kier alpha value is -3.14. The number of pyridine rings is 1. The molecular weight excluding hydrogens is 567 g/mol. The zero-order valence-electron chi connectivity index (χ0n) is 21.3. The number of nitrogens with one attached hydrogen (secondary N) is 1. The Morgan fingerprint density at radius 3 is 2.48 bits per heavy atom. The molecule has 1 saturated heterocycles. The van der Waals surface area contributed by atoms with Crippen LogP contribution in [-0.4, -0.2) is 42.1 Å². The standard InChI is InChI=1S/C29H26Cl2F4N4O/c30-24-16-20(9-12-36-24)17-37-27(40)39-18-28(25-23(39)8-7-22(32)26(25)31)10-14-38(15-11-28)13-1-2-19-3-5-21(6-4-19)29(33,34)35/h1-9,12,16H,10-11,13-15,17-18H2,(H,37,40)/b2-1+. The van der Waals surface area contributed by atoms with Gasteiger partial charge < -0.3 is 5.32 Å². The van der Waals surface area contributed by atoms with E-state index >= 15 is 0 Å². The SMILES string of the molecule is O=C(NCc1ccnc(Cl)c1)N1CC2(CCN(C/C=C/c3ccc(C(F)(F)F)cc3)CC2)c2c1ccc(F)c2Cl. The van der Waals surface area contributed by atoms with E-state index in [1.54, 1.807) is 35.4 Å². The van der Waals surface area contributed by atoms with Crippen molar-refractivity contribution >= 4 is 41.0 Å². The van der Waals surface area contributed by atoms with Crippen LogP contribution in [0.25, 0.3) is 6.08 Å². The van der Waals surface area contributed by atoms with E-state index in [2.05, 4.69) is 15.2 Å². The zero-order chi connectivity index (χ0) is 28.5. The van der Waals surface area contributed by atoms with Crippen LogP contribution in [0.2, 0.25) is 10.2 Å². The van der Waals surface area contributed by atoms with Crippen LogP contribution >= 0.6 is 23.2 Å². The highest BCUT2D eigenvalue weighted by Gasteiger charge is 2.48. The van der Waals surface area contributed by atoms with E-state index in [4.69, 9.17) is 23.2 Å². The third-order valence-corrected chi connectivity index (χ3v) is 8.14. The molecular formula is C29H26Cl2F4N4O. The number of hydrogen-bond acceptors (Lipinski definition) is 3. The molecule has 11 heteroatoms. The summed E-state index contributed by atoms with van der Waals surface area (Å²) in [4.78, 5) is 21.0. The number of amides is 2. The Kier molecular flexibility index (Phi) is 8.08. The number of urea groups is 1. The Morgan fingerprint density at radius 2 is 1.80 bits per heavy atom. The second kappa shape index (κ2) is 11.4. The molecule has 2 aliphatic heterocycles. The number of halogens is 6. The molecule has 2 amide bonds. The van der Waals surface area contributed by atoms with E-state index in [0.29, 0.717) is 61.0 Å². The number of aromatic nitrogens is 1. The molecule has 2 aromatic carbocycles. The number of hydrogen-bond donors (Lipinski definition) is 1. The first-order chi connectivity index (χ1) is 19.1. The van der Waals surface area contributed by atoms with Crippen molar-refractivity contribution in [2.45, 2.75) is 31.0 Å². The van der Waals surface area contributed by atoms with Crippen molar-refractivity contribution in [3.63, 3.8) is 0 Å². The molecule has 1 N–H and O–H groups in total. The first-order valence-corrected chi connectivity index (χ1v) is 13.5. The molecule has 2 aliphatic rings. The van der Waals surface area contributed by atoms with Crippen molar-refractivity contribution in [3.8, 4) is 0 Å². The molecule has 0 unspecified atom stereocenters. The predicted molar refractivity (Wildman–Crippen MR) is 148 cm³/mol. The molecule has 0 radical (unpaired) electrons. The molecule has 1 fully saturated rings. The quantitative estimate of drug-likeness (QED) is 0.249. The van der Waals surface area contributed by atoms with Crippen molar-refractivity contribution in [2.24, 2.45) is 0 Å². The summed E-state index contributed by atoms with van der Waals surface area (Å²) in [6, 6.07) is 11.0. The lowest BCUT2D eigenvalue weighted by atomic mass is 9.74. The minimum absolute atomic E-state index is 0.0457. The second-order valence-corrected chi connectivity index (χ2v) is 10.9. The molecule has 1 spiro atoms. The van der Waals surface area contributed by atoms with Gasteiger partial charge in [0, 0.05) is 36.8 Å². The summed E-state index contributed by atoms with van der Waals surface area (Å²) in [7, 11) is 0. The van der Waals surface area contributed by atoms with Gasteiger partial charge >= 0.3 is 12.2 Å². The van der Waals surface area contributed by atoms with Crippen molar-refractivity contribution in [3.05, 3.63) is 99.1 Å². The number of fused-ring (bicyclic) bond motifs is 2. The maximum absolute atomic E-state index is 14.6. The normalized spacial score (nSPS) is 17.0. The van der Waals surface area contributed by atoms with Gasteiger partial charge in [-0.15, -0.1) is 0 Å². The Morgan fingerprint density at radius 1 is 1.07 bits per heavy atom. The molecule has 0 aliphatic carbocycles. The highest BCUT2D eigenvalue weighted by atomic mass is 35.5. The molecule has 5 rings (SSSR count). The lowest BCUT2D eigenvalue weighted by Gasteiger charge is -2.39. The summed E-state index contributed by atoms with van der Waals surface area (Å²) in [6.07, 6.45) is 2.26. The highest BCUT2D eigenvalue weighted by Crippen LogP contribution is 2.50. The lowest BCUT2D eigenvalue weighted by Crippen LogP contribution is -2.47. The molecule has 5 nitrogen and oxygen atoms in total. The lowest BCUT2D eigenvalue weighted by molar-refractivity contribution is -0.137. The number of rotatable bonds is 5. The van der Waals surface area contributed by atoms with Gasteiger partial charge in [0.1, 0.15) is 11.0 Å². The van der Waals surface area contributed by atoms with Crippen molar-refractivity contribution in [2.75, 3.05) is 31.1 Å². The van der Waals surface area contributed by atoms with Gasteiger partial charge in [-0.25, -0.2) is 14.2 Å². The number of benzene rings is 2. The van der Waals surface area contributed by atoms with Gasteiger partial charge in [0.05, 0.1) is 16.3 Å². The first kappa shape index (κ1) is 28.4.